The Morgan fingerprint density at radius 1 is 0.582 bits per heavy atom. The number of ketones is 2. The third-order valence-corrected chi connectivity index (χ3v) is 13.7. The number of ether oxygens (including phenoxy) is 1. The van der Waals surface area contributed by atoms with E-state index in [1.54, 1.807) is 23.9 Å². The fourth-order valence-corrected chi connectivity index (χ4v) is 9.64. The fraction of sp³-hybridized carbons (Fsp3) is 0.704. The van der Waals surface area contributed by atoms with Crippen molar-refractivity contribution in [3.63, 3.8) is 0 Å². The van der Waals surface area contributed by atoms with Crippen LogP contribution in [0.4, 0.5) is 0 Å². The van der Waals surface area contributed by atoms with Gasteiger partial charge in [-0.15, -0.1) is 0 Å². The van der Waals surface area contributed by atoms with Gasteiger partial charge in [0.1, 0.15) is 22.7 Å². The van der Waals surface area contributed by atoms with E-state index in [4.69, 9.17) is 4.74 Å². The summed E-state index contributed by atoms with van der Waals surface area (Å²) >= 11 is 0. The minimum Gasteiger partial charge on any atom is -0.381 e. The molecule has 4 aromatic heterocycles. The zero-order valence-electron chi connectivity index (χ0n) is 43.5. The summed E-state index contributed by atoms with van der Waals surface area (Å²) < 4.78 is 10.4. The molecule has 0 N–H and O–H groups in total. The van der Waals surface area contributed by atoms with Gasteiger partial charge in [-0.2, -0.15) is 0 Å². The number of Topliss-reactive ketones (excluding diaryl/α,β-unsaturated/α-hetero) is 2. The quantitative estimate of drug-likeness (QED) is 0.0437. The fourth-order valence-electron chi connectivity index (χ4n) is 9.64. The van der Waals surface area contributed by atoms with Crippen molar-refractivity contribution in [3.8, 4) is 0 Å². The average Bonchev–Trinajstić information content (AvgIpc) is 3.78. The highest BCUT2D eigenvalue weighted by Gasteiger charge is 2.37. The van der Waals surface area contributed by atoms with Gasteiger partial charge >= 0.3 is 0 Å². The lowest BCUT2D eigenvalue weighted by atomic mass is 9.84. The highest BCUT2D eigenvalue weighted by molar-refractivity contribution is 5.91. The van der Waals surface area contributed by atoms with Crippen LogP contribution in [0.25, 0.3) is 22.1 Å². The smallest absolute Gasteiger partial charge is 0.228 e. The molecule has 2 atom stereocenters. The molecule has 4 heterocycles. The number of rotatable bonds is 32. The number of imidazole rings is 2. The van der Waals surface area contributed by atoms with Crippen LogP contribution in [0.5, 0.6) is 0 Å². The van der Waals surface area contributed by atoms with Crippen LogP contribution in [-0.2, 0) is 37.0 Å². The number of aromatic nitrogens is 6. The summed E-state index contributed by atoms with van der Waals surface area (Å²) in [5.41, 5.74) is 2.95. The van der Waals surface area contributed by atoms with Gasteiger partial charge in [0.2, 0.25) is 11.8 Å². The molecule has 0 radical (unpaired) electrons. The van der Waals surface area contributed by atoms with Crippen LogP contribution in [0.15, 0.2) is 36.9 Å². The SMILES string of the molecule is Cc1nc2cnccc2n1CCCCCCCC(C)(C)C(=O)N(C)[C@@H](CC(C)C)C(=O)CCOCCC(=O)[C@H](CC(C)C)N(C)C(=O)C(C)(C)CCCCCCCn1c(C)nc2cnccc21. The van der Waals surface area contributed by atoms with Crippen molar-refractivity contribution in [3.05, 3.63) is 48.6 Å². The second-order valence-electron chi connectivity index (χ2n) is 21.3. The Balaban J connectivity index is 1.15. The van der Waals surface area contributed by atoms with Gasteiger partial charge in [-0.1, -0.05) is 107 Å². The van der Waals surface area contributed by atoms with E-state index in [1.807, 2.05) is 78.5 Å². The van der Waals surface area contributed by atoms with E-state index >= 15 is 0 Å². The van der Waals surface area contributed by atoms with Gasteiger partial charge in [0.15, 0.2) is 11.6 Å². The zero-order chi connectivity index (χ0) is 49.3. The van der Waals surface area contributed by atoms with Crippen molar-refractivity contribution < 1.29 is 23.9 Å². The van der Waals surface area contributed by atoms with E-state index in [9.17, 15) is 19.2 Å². The Labute approximate surface area is 402 Å². The van der Waals surface area contributed by atoms with E-state index in [2.05, 4.69) is 56.8 Å². The minimum absolute atomic E-state index is 0.00653. The number of likely N-dealkylation sites (N-methyl/N-ethyl adjacent to an activating group) is 2. The predicted octanol–water partition coefficient (Wildman–Crippen LogP) is 10.9. The number of aryl methyl sites for hydroxylation is 4. The summed E-state index contributed by atoms with van der Waals surface area (Å²) in [6.07, 6.45) is 20.8. The van der Waals surface area contributed by atoms with Crippen molar-refractivity contribution in [2.45, 2.75) is 197 Å². The summed E-state index contributed by atoms with van der Waals surface area (Å²) in [4.78, 5) is 76.3. The largest absolute Gasteiger partial charge is 0.381 e. The molecule has 0 saturated carbocycles. The molecule has 0 aliphatic carbocycles. The van der Waals surface area contributed by atoms with E-state index < -0.39 is 22.9 Å². The number of carbonyl (C=O) groups excluding carboxylic acids is 4. The van der Waals surface area contributed by atoms with Gasteiger partial charge in [-0.05, 0) is 76.3 Å². The van der Waals surface area contributed by atoms with Crippen molar-refractivity contribution in [2.24, 2.45) is 22.7 Å². The Morgan fingerprint density at radius 2 is 0.940 bits per heavy atom. The van der Waals surface area contributed by atoms with E-state index in [0.717, 1.165) is 124 Å². The zero-order valence-corrected chi connectivity index (χ0v) is 43.5. The topological polar surface area (TPSA) is 145 Å². The number of hydrogen-bond acceptors (Lipinski definition) is 9. The standard InChI is InChI=1S/C54H86N8O5/c1-39(2)35-47(59(11)51(65)53(7,8)27-19-15-13-17-21-31-61-41(5)57-43-37-55-29-23-45(43)61)49(63)25-33-67-34-26-50(64)48(36-40(3)4)60(12)52(66)54(9,10)28-20-16-14-18-22-32-62-42(6)58-44-38-56-30-24-46(44)62/h23-24,29-30,37-40,47-48H,13-22,25-28,31-36H2,1-12H3/t47-,48-/m0/s1. The predicted molar refractivity (Wildman–Crippen MR) is 270 cm³/mol. The first-order chi connectivity index (χ1) is 31.7. The maximum atomic E-state index is 13.9. The highest BCUT2D eigenvalue weighted by atomic mass is 16.5. The van der Waals surface area contributed by atoms with Crippen molar-refractivity contribution in [1.29, 1.82) is 0 Å². The van der Waals surface area contributed by atoms with Gasteiger partial charge in [0, 0.05) is 63.3 Å². The molecular formula is C54H86N8O5. The van der Waals surface area contributed by atoms with E-state index in [0.29, 0.717) is 12.8 Å². The number of hydrogen-bond donors (Lipinski definition) is 0. The van der Waals surface area contributed by atoms with Crippen molar-refractivity contribution in [1.82, 2.24) is 38.9 Å². The lowest BCUT2D eigenvalue weighted by molar-refractivity contribution is -0.146. The second kappa shape index (κ2) is 26.3. The minimum atomic E-state index is -0.589. The normalized spacial score (nSPS) is 13.2. The van der Waals surface area contributed by atoms with Crippen LogP contribution in [0, 0.1) is 36.5 Å². The summed E-state index contributed by atoms with van der Waals surface area (Å²) in [5, 5.41) is 0. The van der Waals surface area contributed by atoms with E-state index in [-0.39, 0.29) is 61.3 Å². The molecule has 0 spiro atoms. The van der Waals surface area contributed by atoms with Gasteiger partial charge < -0.3 is 23.7 Å². The first kappa shape index (κ1) is 55.1. The Bertz CT molecular complexity index is 2040. The van der Waals surface area contributed by atoms with Gasteiger partial charge in [-0.3, -0.25) is 29.1 Å². The molecule has 13 heteroatoms. The van der Waals surface area contributed by atoms with Crippen LogP contribution in [0.2, 0.25) is 0 Å². The van der Waals surface area contributed by atoms with Crippen molar-refractivity contribution in [2.75, 3.05) is 27.3 Å². The molecule has 4 aromatic rings. The van der Waals surface area contributed by atoms with Gasteiger partial charge in [0.05, 0.1) is 48.7 Å². The monoisotopic (exact) mass is 927 g/mol. The molecule has 4 rings (SSSR count). The molecule has 0 bridgehead atoms. The number of nitrogens with zero attached hydrogens (tertiary/aromatic N) is 8. The summed E-state index contributed by atoms with van der Waals surface area (Å²) in [7, 11) is 3.54. The molecule has 0 fully saturated rings. The molecule has 0 unspecified atom stereocenters. The van der Waals surface area contributed by atoms with Gasteiger partial charge in [0.25, 0.3) is 0 Å². The lowest BCUT2D eigenvalue weighted by Gasteiger charge is -2.35. The third-order valence-electron chi connectivity index (χ3n) is 13.7. The molecule has 0 aliphatic heterocycles. The molecule has 0 saturated heterocycles. The van der Waals surface area contributed by atoms with Crippen LogP contribution < -0.4 is 0 Å². The van der Waals surface area contributed by atoms with E-state index in [1.165, 1.54) is 0 Å². The average molecular weight is 927 g/mol. The van der Waals surface area contributed by atoms with Crippen molar-refractivity contribution >= 4 is 45.4 Å². The summed E-state index contributed by atoms with van der Waals surface area (Å²) in [5.74, 6) is 2.42. The maximum absolute atomic E-state index is 13.9. The molecule has 2 amide bonds. The van der Waals surface area contributed by atoms with Crippen LogP contribution >= 0.6 is 0 Å². The van der Waals surface area contributed by atoms with Crippen LogP contribution in [0.3, 0.4) is 0 Å². The lowest BCUT2D eigenvalue weighted by Crippen LogP contribution is -2.48. The second-order valence-corrected chi connectivity index (χ2v) is 21.3. The van der Waals surface area contributed by atoms with Crippen LogP contribution in [-0.4, -0.2) is 102 Å². The Hall–Kier alpha value is -4.52. The number of unbranched alkanes of at least 4 members (excludes halogenated alkanes) is 8. The molecule has 67 heavy (non-hydrogen) atoms. The number of fused-ring (bicyclic) bond motifs is 2. The molecule has 0 aliphatic rings. The Morgan fingerprint density at radius 3 is 1.31 bits per heavy atom. The first-order valence-corrected chi connectivity index (χ1v) is 25.5. The number of amides is 2. The number of carbonyl (C=O) groups is 4. The number of pyridine rings is 2. The first-order valence-electron chi connectivity index (χ1n) is 25.5. The third kappa shape index (κ3) is 16.3. The summed E-state index contributed by atoms with van der Waals surface area (Å²) in [6, 6.07) is 2.97. The maximum Gasteiger partial charge on any atom is 0.228 e. The summed E-state index contributed by atoms with van der Waals surface area (Å²) in [6.45, 7) is 22.6. The van der Waals surface area contributed by atoms with Gasteiger partial charge in [-0.25, -0.2) is 9.97 Å². The highest BCUT2D eigenvalue weighted by Crippen LogP contribution is 2.31. The Kier molecular flexibility index (Phi) is 21.6. The molecule has 372 valence electrons. The molecule has 0 aromatic carbocycles. The molecule has 13 nitrogen and oxygen atoms in total. The van der Waals surface area contributed by atoms with Crippen LogP contribution in [0.1, 0.15) is 170 Å². The molecular weight excluding hydrogens is 841 g/mol.